The van der Waals surface area contributed by atoms with Crippen molar-refractivity contribution in [3.63, 3.8) is 0 Å². The van der Waals surface area contributed by atoms with E-state index in [9.17, 15) is 8.42 Å². The third-order valence-electron chi connectivity index (χ3n) is 6.64. The van der Waals surface area contributed by atoms with Crippen LogP contribution < -0.4 is 0 Å². The number of hydrogen-bond acceptors (Lipinski definition) is 6. The fraction of sp³-hybridized carbons (Fsp3) is 1.00. The summed E-state index contributed by atoms with van der Waals surface area (Å²) in [5, 5.41) is 1.26. The molecule has 2 saturated carbocycles. The molecule has 0 amide bonds. The largest absolute Gasteiger partial charge is 0.380 e. The van der Waals surface area contributed by atoms with Gasteiger partial charge in [0.25, 0.3) is 0 Å². The Balaban J connectivity index is 1.15. The van der Waals surface area contributed by atoms with Gasteiger partial charge in [-0.3, -0.25) is 0 Å². The van der Waals surface area contributed by atoms with Crippen molar-refractivity contribution >= 4 is 33.4 Å². The molecule has 4 rings (SSSR count). The minimum atomic E-state index is -2.97. The van der Waals surface area contributed by atoms with Crippen molar-refractivity contribution in [2.45, 2.75) is 72.4 Å². The van der Waals surface area contributed by atoms with Crippen LogP contribution in [0.15, 0.2) is 0 Å². The highest BCUT2D eigenvalue weighted by atomic mass is 32.2. The fourth-order valence-corrected chi connectivity index (χ4v) is 7.84. The Hall–Kier alpha value is 0.570. The van der Waals surface area contributed by atoms with Crippen LogP contribution in [-0.4, -0.2) is 67.4 Å². The highest BCUT2D eigenvalue weighted by Crippen LogP contribution is 2.37. The maximum absolute atomic E-state index is 13.1. The Kier molecular flexibility index (Phi) is 7.39. The SMILES string of the molecule is O=S(=O)(C1CCC(COCC2CS2)CC1)C1CCC(COCC2CS2)CC1. The lowest BCUT2D eigenvalue weighted by Crippen LogP contribution is -2.38. The van der Waals surface area contributed by atoms with Crippen molar-refractivity contribution in [3.8, 4) is 0 Å². The highest BCUT2D eigenvalue weighted by molar-refractivity contribution is 8.07. The predicted molar refractivity (Wildman–Crippen MR) is 115 cm³/mol. The summed E-state index contributed by atoms with van der Waals surface area (Å²) in [7, 11) is -2.97. The Bertz CT molecular complexity index is 514. The molecule has 0 aromatic carbocycles. The van der Waals surface area contributed by atoms with Crippen LogP contribution in [0.4, 0.5) is 0 Å². The van der Waals surface area contributed by atoms with Crippen molar-refractivity contribution in [1.82, 2.24) is 0 Å². The second-order valence-electron chi connectivity index (χ2n) is 8.86. The quantitative estimate of drug-likeness (QED) is 0.488. The molecule has 0 bridgehead atoms. The van der Waals surface area contributed by atoms with Crippen LogP contribution in [0.1, 0.15) is 51.4 Å². The molecular weight excluding hydrogens is 400 g/mol. The van der Waals surface area contributed by atoms with Gasteiger partial charge in [-0.2, -0.15) is 23.5 Å². The second-order valence-corrected chi connectivity index (χ2v) is 14.0. The number of thioether (sulfide) groups is 2. The van der Waals surface area contributed by atoms with E-state index >= 15 is 0 Å². The average molecular weight is 435 g/mol. The summed E-state index contributed by atoms with van der Waals surface area (Å²) in [6, 6.07) is 0. The molecule has 0 radical (unpaired) electrons. The molecule has 2 atom stereocenters. The molecule has 2 unspecified atom stereocenters. The van der Waals surface area contributed by atoms with Gasteiger partial charge in [0.15, 0.2) is 9.84 Å². The van der Waals surface area contributed by atoms with Crippen LogP contribution in [0.3, 0.4) is 0 Å². The topological polar surface area (TPSA) is 52.6 Å². The lowest BCUT2D eigenvalue weighted by Gasteiger charge is -2.34. The molecule has 2 saturated heterocycles. The molecule has 0 spiro atoms. The fourth-order valence-electron chi connectivity index (χ4n) is 4.59. The average Bonchev–Trinajstić information content (AvgIpc) is 3.58. The molecular formula is C20H34O4S3. The zero-order chi connectivity index (χ0) is 18.7. The minimum Gasteiger partial charge on any atom is -0.380 e. The third-order valence-corrected chi connectivity index (χ3v) is 11.3. The van der Waals surface area contributed by atoms with Gasteiger partial charge in [0.1, 0.15) is 0 Å². The van der Waals surface area contributed by atoms with Gasteiger partial charge in [-0.15, -0.1) is 0 Å². The summed E-state index contributed by atoms with van der Waals surface area (Å²) >= 11 is 3.94. The lowest BCUT2D eigenvalue weighted by atomic mass is 9.89. The number of hydrogen-bond donors (Lipinski definition) is 0. The van der Waals surface area contributed by atoms with E-state index in [0.717, 1.165) is 88.3 Å². The van der Waals surface area contributed by atoms with Crippen molar-refractivity contribution in [2.75, 3.05) is 37.9 Å². The highest BCUT2D eigenvalue weighted by Gasteiger charge is 2.38. The van der Waals surface area contributed by atoms with Crippen LogP contribution >= 0.6 is 23.5 Å². The molecule has 2 heterocycles. The van der Waals surface area contributed by atoms with Crippen LogP contribution in [0, 0.1) is 11.8 Å². The van der Waals surface area contributed by atoms with Crippen molar-refractivity contribution in [1.29, 1.82) is 0 Å². The maximum atomic E-state index is 13.1. The van der Waals surface area contributed by atoms with Crippen LogP contribution in [0.25, 0.3) is 0 Å². The van der Waals surface area contributed by atoms with Crippen LogP contribution in [0.2, 0.25) is 0 Å². The van der Waals surface area contributed by atoms with E-state index in [0.29, 0.717) is 11.8 Å². The van der Waals surface area contributed by atoms with E-state index in [2.05, 4.69) is 0 Å². The van der Waals surface area contributed by atoms with Crippen LogP contribution in [0.5, 0.6) is 0 Å². The van der Waals surface area contributed by atoms with E-state index in [1.54, 1.807) is 0 Å². The van der Waals surface area contributed by atoms with Gasteiger partial charge in [0, 0.05) is 35.2 Å². The number of rotatable bonds is 10. The van der Waals surface area contributed by atoms with E-state index < -0.39 is 9.84 Å². The molecule has 0 aromatic rings. The van der Waals surface area contributed by atoms with E-state index in [4.69, 9.17) is 9.47 Å². The van der Waals surface area contributed by atoms with Crippen molar-refractivity contribution in [2.24, 2.45) is 11.8 Å². The standard InChI is InChI=1S/C20H34O4S3/c21-27(22,19-5-1-15(2-6-19)9-23-11-17-13-25-17)20-7-3-16(4-8-20)10-24-12-18-14-26-18/h15-20H,1-14H2. The first-order valence-corrected chi connectivity index (χ1v) is 14.4. The lowest BCUT2D eigenvalue weighted by molar-refractivity contribution is 0.0898. The normalized spacial score (nSPS) is 39.3. The molecule has 2 aliphatic heterocycles. The van der Waals surface area contributed by atoms with E-state index in [1.165, 1.54) is 11.5 Å². The predicted octanol–water partition coefficient (Wildman–Crippen LogP) is 3.78. The summed E-state index contributed by atoms with van der Waals surface area (Å²) in [6.45, 7) is 3.42. The molecule has 4 nitrogen and oxygen atoms in total. The smallest absolute Gasteiger partial charge is 0.156 e. The van der Waals surface area contributed by atoms with Gasteiger partial charge in [-0.25, -0.2) is 8.42 Å². The Morgan fingerprint density at radius 2 is 1.00 bits per heavy atom. The maximum Gasteiger partial charge on any atom is 0.156 e. The molecule has 4 aliphatic rings. The number of ether oxygens (including phenoxy) is 2. The van der Waals surface area contributed by atoms with Gasteiger partial charge in [-0.1, -0.05) is 0 Å². The van der Waals surface area contributed by atoms with Gasteiger partial charge in [0.05, 0.1) is 23.7 Å². The molecule has 4 fully saturated rings. The Morgan fingerprint density at radius 1 is 0.630 bits per heavy atom. The van der Waals surface area contributed by atoms with Crippen LogP contribution in [-0.2, 0) is 19.3 Å². The zero-order valence-corrected chi connectivity index (χ0v) is 18.7. The van der Waals surface area contributed by atoms with Gasteiger partial charge < -0.3 is 9.47 Å². The molecule has 156 valence electrons. The third kappa shape index (κ3) is 6.27. The Labute approximate surface area is 173 Å². The second kappa shape index (κ2) is 9.59. The molecule has 2 aliphatic carbocycles. The van der Waals surface area contributed by atoms with Crippen molar-refractivity contribution < 1.29 is 17.9 Å². The summed E-state index contributed by atoms with van der Waals surface area (Å²) in [4.78, 5) is 0. The van der Waals surface area contributed by atoms with Crippen molar-refractivity contribution in [3.05, 3.63) is 0 Å². The first-order chi connectivity index (χ1) is 13.1. The molecule has 7 heteroatoms. The zero-order valence-electron chi connectivity index (χ0n) is 16.2. The summed E-state index contributed by atoms with van der Waals surface area (Å²) in [5.41, 5.74) is 0. The molecule has 27 heavy (non-hydrogen) atoms. The van der Waals surface area contributed by atoms with E-state index in [-0.39, 0.29) is 10.5 Å². The molecule has 0 N–H and O–H groups in total. The Morgan fingerprint density at radius 3 is 1.33 bits per heavy atom. The first-order valence-electron chi connectivity index (χ1n) is 10.7. The molecule has 0 aromatic heterocycles. The first kappa shape index (κ1) is 20.8. The van der Waals surface area contributed by atoms with Gasteiger partial charge in [-0.05, 0) is 63.2 Å². The van der Waals surface area contributed by atoms with Gasteiger partial charge in [0.2, 0.25) is 0 Å². The minimum absolute atomic E-state index is 0.0996. The number of sulfone groups is 1. The summed E-state index contributed by atoms with van der Waals surface area (Å²) in [6.07, 6.45) is 7.45. The monoisotopic (exact) mass is 434 g/mol. The summed E-state index contributed by atoms with van der Waals surface area (Å²) < 4.78 is 37.8. The van der Waals surface area contributed by atoms with E-state index in [1.807, 2.05) is 23.5 Å². The van der Waals surface area contributed by atoms with Gasteiger partial charge >= 0.3 is 0 Å². The summed E-state index contributed by atoms with van der Waals surface area (Å²) in [5.74, 6) is 3.63.